The zero-order valence-corrected chi connectivity index (χ0v) is 11.7. The van der Waals surface area contributed by atoms with Crippen LogP contribution in [0.15, 0.2) is 24.3 Å². The largest absolute Gasteiger partial charge is 0.481 e. The van der Waals surface area contributed by atoms with Crippen LogP contribution in [0.2, 0.25) is 0 Å². The molecule has 104 valence electrons. The number of rotatable bonds is 5. The first-order valence-corrected chi connectivity index (χ1v) is 6.37. The van der Waals surface area contributed by atoms with Crippen molar-refractivity contribution in [3.8, 4) is 0 Å². The number of hydrogen-bond donors (Lipinski definition) is 2. The van der Waals surface area contributed by atoms with Crippen molar-refractivity contribution in [1.82, 2.24) is 5.32 Å². The molecule has 1 amide bonds. The Morgan fingerprint density at radius 3 is 2.16 bits per heavy atom. The Kier molecular flexibility index (Phi) is 5.10. The lowest BCUT2D eigenvalue weighted by molar-refractivity contribution is -0.138. The van der Waals surface area contributed by atoms with Crippen molar-refractivity contribution in [2.45, 2.75) is 45.6 Å². The number of carboxylic acids is 1. The minimum absolute atomic E-state index is 0.0232. The molecule has 0 saturated heterocycles. The smallest absolute Gasteiger partial charge is 0.303 e. The minimum Gasteiger partial charge on any atom is -0.481 e. The lowest BCUT2D eigenvalue weighted by Gasteiger charge is -2.19. The number of carbonyl (C=O) groups is 2. The van der Waals surface area contributed by atoms with Gasteiger partial charge in [0.25, 0.3) is 0 Å². The fraction of sp³-hybridized carbons (Fsp3) is 0.467. The molecule has 0 aromatic heterocycles. The molecule has 0 saturated carbocycles. The van der Waals surface area contributed by atoms with Gasteiger partial charge in [-0.3, -0.25) is 9.59 Å². The highest BCUT2D eigenvalue weighted by Gasteiger charge is 2.12. The summed E-state index contributed by atoms with van der Waals surface area (Å²) in [6, 6.07) is 8.08. The summed E-state index contributed by atoms with van der Waals surface area (Å²) in [6.07, 6.45) is -0.107. The molecule has 0 aliphatic rings. The van der Waals surface area contributed by atoms with Gasteiger partial charge in [-0.15, -0.1) is 0 Å². The van der Waals surface area contributed by atoms with E-state index in [9.17, 15) is 9.59 Å². The number of carboxylic acid groups (broad SMARTS) is 1. The van der Waals surface area contributed by atoms with E-state index in [1.807, 2.05) is 12.1 Å². The maximum absolute atomic E-state index is 11.4. The van der Waals surface area contributed by atoms with E-state index in [0.717, 1.165) is 5.56 Å². The number of benzene rings is 1. The highest BCUT2D eigenvalue weighted by molar-refractivity contribution is 5.80. The van der Waals surface area contributed by atoms with Crippen LogP contribution in [0.1, 0.15) is 44.7 Å². The molecule has 4 nitrogen and oxygen atoms in total. The standard InChI is InChI=1S/C15H21NO3/c1-15(2,3)12-6-4-11(5-7-12)10-16-13(17)8-9-14(18)19/h4-7H,8-10H2,1-3H3,(H,16,17)(H,18,19). The van der Waals surface area contributed by atoms with Gasteiger partial charge in [-0.1, -0.05) is 45.0 Å². The summed E-state index contributed by atoms with van der Waals surface area (Å²) < 4.78 is 0. The van der Waals surface area contributed by atoms with Gasteiger partial charge in [-0.05, 0) is 16.5 Å². The summed E-state index contributed by atoms with van der Waals surface area (Å²) in [5.74, 6) is -1.19. The molecule has 0 spiro atoms. The average Bonchev–Trinajstić information content (AvgIpc) is 2.33. The van der Waals surface area contributed by atoms with Crippen LogP contribution in [0.25, 0.3) is 0 Å². The Labute approximate surface area is 113 Å². The molecule has 1 aromatic rings. The lowest BCUT2D eigenvalue weighted by atomic mass is 9.87. The van der Waals surface area contributed by atoms with Crippen LogP contribution in [0.4, 0.5) is 0 Å². The van der Waals surface area contributed by atoms with Crippen molar-refractivity contribution < 1.29 is 14.7 Å². The molecule has 0 bridgehead atoms. The Morgan fingerprint density at radius 2 is 1.68 bits per heavy atom. The molecule has 2 N–H and O–H groups in total. The van der Waals surface area contributed by atoms with E-state index >= 15 is 0 Å². The highest BCUT2D eigenvalue weighted by Crippen LogP contribution is 2.22. The van der Waals surface area contributed by atoms with Gasteiger partial charge < -0.3 is 10.4 Å². The monoisotopic (exact) mass is 263 g/mol. The van der Waals surface area contributed by atoms with Gasteiger partial charge in [-0.2, -0.15) is 0 Å². The SMILES string of the molecule is CC(C)(C)c1ccc(CNC(=O)CCC(=O)O)cc1. The zero-order chi connectivity index (χ0) is 14.5. The van der Waals surface area contributed by atoms with Crippen LogP contribution in [-0.4, -0.2) is 17.0 Å². The van der Waals surface area contributed by atoms with Gasteiger partial charge in [0.05, 0.1) is 6.42 Å². The van der Waals surface area contributed by atoms with Crippen LogP contribution < -0.4 is 5.32 Å². The molecular formula is C15H21NO3. The molecule has 19 heavy (non-hydrogen) atoms. The first-order chi connectivity index (χ1) is 8.79. The van der Waals surface area contributed by atoms with Crippen LogP contribution in [-0.2, 0) is 21.5 Å². The summed E-state index contributed by atoms with van der Waals surface area (Å²) in [5, 5.41) is 11.2. The number of nitrogens with one attached hydrogen (secondary N) is 1. The summed E-state index contributed by atoms with van der Waals surface area (Å²) in [7, 11) is 0. The van der Waals surface area contributed by atoms with E-state index in [1.54, 1.807) is 0 Å². The van der Waals surface area contributed by atoms with E-state index in [1.165, 1.54) is 5.56 Å². The number of aliphatic carboxylic acids is 1. The topological polar surface area (TPSA) is 66.4 Å². The number of carbonyl (C=O) groups excluding carboxylic acids is 1. The van der Waals surface area contributed by atoms with Gasteiger partial charge >= 0.3 is 5.97 Å². The van der Waals surface area contributed by atoms with Gasteiger partial charge in [0.2, 0.25) is 5.91 Å². The van der Waals surface area contributed by atoms with Crippen molar-refractivity contribution >= 4 is 11.9 Å². The Bertz CT molecular complexity index is 443. The number of amides is 1. The van der Waals surface area contributed by atoms with Gasteiger partial charge in [-0.25, -0.2) is 0 Å². The van der Waals surface area contributed by atoms with Crippen molar-refractivity contribution in [1.29, 1.82) is 0 Å². The molecule has 0 fully saturated rings. The average molecular weight is 263 g/mol. The van der Waals surface area contributed by atoms with Crippen molar-refractivity contribution in [2.24, 2.45) is 0 Å². The molecule has 0 unspecified atom stereocenters. The molecule has 0 heterocycles. The van der Waals surface area contributed by atoms with E-state index in [0.29, 0.717) is 6.54 Å². The van der Waals surface area contributed by atoms with E-state index in [-0.39, 0.29) is 24.2 Å². The Morgan fingerprint density at radius 1 is 1.11 bits per heavy atom. The predicted octanol–water partition coefficient (Wildman–Crippen LogP) is 2.47. The second-order valence-electron chi connectivity index (χ2n) is 5.62. The van der Waals surface area contributed by atoms with E-state index in [4.69, 9.17) is 5.11 Å². The molecule has 1 aromatic carbocycles. The van der Waals surface area contributed by atoms with Crippen molar-refractivity contribution in [3.05, 3.63) is 35.4 Å². The normalized spacial score (nSPS) is 11.1. The van der Waals surface area contributed by atoms with Crippen LogP contribution in [0, 0.1) is 0 Å². The fourth-order valence-corrected chi connectivity index (χ4v) is 1.63. The second kappa shape index (κ2) is 6.36. The second-order valence-corrected chi connectivity index (χ2v) is 5.62. The minimum atomic E-state index is -0.954. The fourth-order valence-electron chi connectivity index (χ4n) is 1.63. The maximum atomic E-state index is 11.4. The lowest BCUT2D eigenvalue weighted by Crippen LogP contribution is -2.23. The molecule has 1 rings (SSSR count). The van der Waals surface area contributed by atoms with Crippen LogP contribution in [0.5, 0.6) is 0 Å². The van der Waals surface area contributed by atoms with Gasteiger partial charge in [0.1, 0.15) is 0 Å². The quantitative estimate of drug-likeness (QED) is 0.857. The maximum Gasteiger partial charge on any atom is 0.303 e. The molecule has 0 radical (unpaired) electrons. The first-order valence-electron chi connectivity index (χ1n) is 6.37. The number of hydrogen-bond acceptors (Lipinski definition) is 2. The zero-order valence-electron chi connectivity index (χ0n) is 11.7. The molecule has 4 heteroatoms. The van der Waals surface area contributed by atoms with Crippen LogP contribution >= 0.6 is 0 Å². The highest BCUT2D eigenvalue weighted by atomic mass is 16.4. The summed E-state index contributed by atoms with van der Waals surface area (Å²) in [4.78, 5) is 21.7. The molecular weight excluding hydrogens is 242 g/mol. The Hall–Kier alpha value is -1.84. The third-order valence-corrected chi connectivity index (χ3v) is 2.88. The van der Waals surface area contributed by atoms with Crippen molar-refractivity contribution in [3.63, 3.8) is 0 Å². The predicted molar refractivity (Wildman–Crippen MR) is 73.9 cm³/mol. The summed E-state index contributed by atoms with van der Waals surface area (Å²) >= 11 is 0. The molecule has 0 aliphatic heterocycles. The van der Waals surface area contributed by atoms with Crippen molar-refractivity contribution in [2.75, 3.05) is 0 Å². The summed E-state index contributed by atoms with van der Waals surface area (Å²) in [5.41, 5.74) is 2.37. The molecule has 0 aliphatic carbocycles. The first kappa shape index (κ1) is 15.2. The Balaban J connectivity index is 2.46. The van der Waals surface area contributed by atoms with Gasteiger partial charge in [0, 0.05) is 13.0 Å². The van der Waals surface area contributed by atoms with E-state index < -0.39 is 5.97 Å². The van der Waals surface area contributed by atoms with Crippen LogP contribution in [0.3, 0.4) is 0 Å². The molecule has 0 atom stereocenters. The third kappa shape index (κ3) is 5.55. The van der Waals surface area contributed by atoms with E-state index in [2.05, 4.69) is 38.2 Å². The summed E-state index contributed by atoms with van der Waals surface area (Å²) in [6.45, 7) is 6.88. The third-order valence-electron chi connectivity index (χ3n) is 2.88. The van der Waals surface area contributed by atoms with Gasteiger partial charge in [0.15, 0.2) is 0 Å².